The minimum Gasteiger partial charge on any atom is -0.379 e. The molecule has 0 spiro atoms. The van der Waals surface area contributed by atoms with Crippen molar-refractivity contribution in [2.24, 2.45) is 0 Å². The highest BCUT2D eigenvalue weighted by atomic mass is 16.5. The van der Waals surface area contributed by atoms with Gasteiger partial charge < -0.3 is 24.3 Å². The third kappa shape index (κ3) is 13.8. The van der Waals surface area contributed by atoms with Gasteiger partial charge in [0.1, 0.15) is 12.7 Å². The normalized spacial score (nSPS) is 17.2. The zero-order valence-corrected chi connectivity index (χ0v) is 15.5. The van der Waals surface area contributed by atoms with Gasteiger partial charge in [-0.15, -0.1) is 5.92 Å². The Labute approximate surface area is 151 Å². The fourth-order valence-corrected chi connectivity index (χ4v) is 2.28. The molecule has 6 nitrogen and oxygen atoms in total. The Morgan fingerprint density at radius 3 is 2.48 bits per heavy atom. The Kier molecular flexibility index (Phi) is 14.3. The van der Waals surface area contributed by atoms with E-state index in [9.17, 15) is 4.79 Å². The molecule has 0 fully saturated rings. The molecule has 0 aromatic rings. The summed E-state index contributed by atoms with van der Waals surface area (Å²) in [4.78, 5) is 11.7. The molecule has 1 atom stereocenters. The van der Waals surface area contributed by atoms with Crippen LogP contribution in [-0.4, -0.2) is 64.8 Å². The molecule has 0 aromatic carbocycles. The number of hydrogen-bond acceptors (Lipinski definition) is 5. The fourth-order valence-electron chi connectivity index (χ4n) is 2.28. The maximum Gasteiger partial charge on any atom is 0.246 e. The van der Waals surface area contributed by atoms with Crippen LogP contribution in [0.25, 0.3) is 0 Å². The average Bonchev–Trinajstić information content (AvgIpc) is 2.58. The Morgan fingerprint density at radius 2 is 1.72 bits per heavy atom. The summed E-state index contributed by atoms with van der Waals surface area (Å²) in [5, 5.41) is 2.78. The smallest absolute Gasteiger partial charge is 0.246 e. The number of carbonyl (C=O) groups is 1. The molecule has 0 radical (unpaired) electrons. The van der Waals surface area contributed by atoms with Gasteiger partial charge in [0.25, 0.3) is 0 Å². The first-order chi connectivity index (χ1) is 12.3. The van der Waals surface area contributed by atoms with Crippen molar-refractivity contribution in [3.05, 3.63) is 0 Å². The van der Waals surface area contributed by atoms with Crippen LogP contribution in [0.4, 0.5) is 0 Å². The van der Waals surface area contributed by atoms with Gasteiger partial charge >= 0.3 is 0 Å². The van der Waals surface area contributed by atoms with Crippen LogP contribution in [0.3, 0.4) is 0 Å². The molecular weight excluding hydrogens is 322 g/mol. The third-order valence-corrected chi connectivity index (χ3v) is 3.61. The fraction of sp³-hybridized carbons (Fsp3) is 0.842. The highest BCUT2D eigenvalue weighted by Crippen LogP contribution is 2.10. The molecule has 0 saturated heterocycles. The number of amides is 1. The van der Waals surface area contributed by atoms with Crippen molar-refractivity contribution >= 4 is 5.91 Å². The van der Waals surface area contributed by atoms with Gasteiger partial charge in [-0.05, 0) is 25.7 Å². The molecule has 0 saturated carbocycles. The Morgan fingerprint density at radius 1 is 1.00 bits per heavy atom. The van der Waals surface area contributed by atoms with Crippen molar-refractivity contribution < 1.29 is 23.7 Å². The molecule has 1 aliphatic rings. The standard InChI is InChI=1S/C19H33NO5/c1-2-11-22-13-15-24-16-14-23-12-10-20-19(21)17-25-18-8-6-4-3-5-7-9-18/h18H,2-6,8,10-17H2,1H3,(H,20,21). The molecule has 0 heterocycles. The van der Waals surface area contributed by atoms with Crippen LogP contribution in [-0.2, 0) is 23.7 Å². The predicted octanol–water partition coefficient (Wildman–Crippen LogP) is 1.92. The highest BCUT2D eigenvalue weighted by molar-refractivity contribution is 5.77. The van der Waals surface area contributed by atoms with Crippen molar-refractivity contribution in [3.63, 3.8) is 0 Å². The van der Waals surface area contributed by atoms with Gasteiger partial charge in [-0.25, -0.2) is 0 Å². The molecule has 0 aromatic heterocycles. The van der Waals surface area contributed by atoms with Crippen LogP contribution >= 0.6 is 0 Å². The third-order valence-electron chi connectivity index (χ3n) is 3.61. The Balaban J connectivity index is 1.88. The van der Waals surface area contributed by atoms with E-state index < -0.39 is 0 Å². The molecular formula is C19H33NO5. The van der Waals surface area contributed by atoms with Crippen molar-refractivity contribution in [1.29, 1.82) is 0 Å². The maximum absolute atomic E-state index is 11.7. The summed E-state index contributed by atoms with van der Waals surface area (Å²) in [5.74, 6) is 6.07. The van der Waals surface area contributed by atoms with E-state index in [-0.39, 0.29) is 18.6 Å². The van der Waals surface area contributed by atoms with Crippen LogP contribution < -0.4 is 5.32 Å². The zero-order chi connectivity index (χ0) is 18.0. The van der Waals surface area contributed by atoms with Gasteiger partial charge in [-0.3, -0.25) is 4.79 Å². The SMILES string of the molecule is CCCOCCOCCOCCNC(=O)COC1C#CCCCCC1. The second-order valence-electron chi connectivity index (χ2n) is 5.91. The minimum absolute atomic E-state index is 0.0558. The van der Waals surface area contributed by atoms with Crippen molar-refractivity contribution in [1.82, 2.24) is 5.32 Å². The number of nitrogens with one attached hydrogen (secondary N) is 1. The first-order valence-electron chi connectivity index (χ1n) is 9.43. The first-order valence-corrected chi connectivity index (χ1v) is 9.43. The first kappa shape index (κ1) is 21.9. The van der Waals surface area contributed by atoms with Gasteiger partial charge in [-0.2, -0.15) is 0 Å². The van der Waals surface area contributed by atoms with E-state index in [2.05, 4.69) is 24.1 Å². The van der Waals surface area contributed by atoms with Crippen LogP contribution in [0.15, 0.2) is 0 Å². The molecule has 1 amide bonds. The summed E-state index contributed by atoms with van der Waals surface area (Å²) >= 11 is 0. The maximum atomic E-state index is 11.7. The molecule has 1 unspecified atom stereocenters. The van der Waals surface area contributed by atoms with E-state index in [1.807, 2.05) is 0 Å². The second-order valence-corrected chi connectivity index (χ2v) is 5.91. The molecule has 6 heteroatoms. The molecule has 0 aliphatic heterocycles. The summed E-state index contributed by atoms with van der Waals surface area (Å²) in [5.41, 5.74) is 0. The Bertz CT molecular complexity index is 391. The van der Waals surface area contributed by atoms with Gasteiger partial charge in [-0.1, -0.05) is 19.3 Å². The molecule has 0 bridgehead atoms. The molecule has 1 rings (SSSR count). The Hall–Kier alpha value is -1.13. The zero-order valence-electron chi connectivity index (χ0n) is 15.5. The number of ether oxygens (including phenoxy) is 4. The minimum atomic E-state index is -0.128. The summed E-state index contributed by atoms with van der Waals surface area (Å²) < 4.78 is 21.6. The van der Waals surface area contributed by atoms with E-state index in [4.69, 9.17) is 18.9 Å². The van der Waals surface area contributed by atoms with Crippen LogP contribution in [0.1, 0.15) is 45.4 Å². The van der Waals surface area contributed by atoms with Gasteiger partial charge in [0.2, 0.25) is 5.91 Å². The second kappa shape index (κ2) is 16.3. The quantitative estimate of drug-likeness (QED) is 0.381. The largest absolute Gasteiger partial charge is 0.379 e. The monoisotopic (exact) mass is 355 g/mol. The lowest BCUT2D eigenvalue weighted by atomic mass is 10.1. The lowest BCUT2D eigenvalue weighted by Gasteiger charge is -2.13. The molecule has 144 valence electrons. The number of carbonyl (C=O) groups excluding carboxylic acids is 1. The van der Waals surface area contributed by atoms with E-state index in [0.717, 1.165) is 38.7 Å². The number of rotatable bonds is 14. The molecule has 1 N–H and O–H groups in total. The van der Waals surface area contributed by atoms with E-state index in [1.165, 1.54) is 6.42 Å². The lowest BCUT2D eigenvalue weighted by Crippen LogP contribution is -2.32. The number of hydrogen-bond donors (Lipinski definition) is 1. The van der Waals surface area contributed by atoms with Gasteiger partial charge in [0.15, 0.2) is 0 Å². The summed E-state index contributed by atoms with van der Waals surface area (Å²) in [6.45, 7) is 6.09. The average molecular weight is 355 g/mol. The predicted molar refractivity (Wildman–Crippen MR) is 96.4 cm³/mol. The van der Waals surface area contributed by atoms with Crippen molar-refractivity contribution in [3.8, 4) is 11.8 Å². The summed E-state index contributed by atoms with van der Waals surface area (Å²) in [6.07, 6.45) is 6.22. The van der Waals surface area contributed by atoms with Gasteiger partial charge in [0, 0.05) is 19.6 Å². The van der Waals surface area contributed by atoms with E-state index in [1.54, 1.807) is 0 Å². The molecule has 25 heavy (non-hydrogen) atoms. The van der Waals surface area contributed by atoms with E-state index >= 15 is 0 Å². The van der Waals surface area contributed by atoms with E-state index in [0.29, 0.717) is 39.6 Å². The summed E-state index contributed by atoms with van der Waals surface area (Å²) in [7, 11) is 0. The van der Waals surface area contributed by atoms with Crippen LogP contribution in [0, 0.1) is 11.8 Å². The topological polar surface area (TPSA) is 66.0 Å². The summed E-state index contributed by atoms with van der Waals surface area (Å²) in [6, 6.07) is 0. The van der Waals surface area contributed by atoms with Crippen molar-refractivity contribution in [2.45, 2.75) is 51.6 Å². The lowest BCUT2D eigenvalue weighted by molar-refractivity contribution is -0.127. The molecule has 1 aliphatic carbocycles. The van der Waals surface area contributed by atoms with Crippen LogP contribution in [0.2, 0.25) is 0 Å². The van der Waals surface area contributed by atoms with Crippen molar-refractivity contribution in [2.75, 3.05) is 52.8 Å². The van der Waals surface area contributed by atoms with Gasteiger partial charge in [0.05, 0.1) is 33.0 Å². The highest BCUT2D eigenvalue weighted by Gasteiger charge is 2.09. The van der Waals surface area contributed by atoms with Crippen LogP contribution in [0.5, 0.6) is 0 Å².